The molecule has 0 amide bonds. The first-order chi connectivity index (χ1) is 10.3. The molecule has 7 nitrogen and oxygen atoms in total. The average Bonchev–Trinajstić information content (AvgIpc) is 2.84. The third-order valence-electron chi connectivity index (χ3n) is 2.23. The van der Waals surface area contributed by atoms with Crippen LogP contribution in [0, 0.1) is 0 Å². The van der Waals surface area contributed by atoms with Gasteiger partial charge < -0.3 is 19.7 Å². The molecule has 0 saturated carbocycles. The fourth-order valence-corrected chi connectivity index (χ4v) is 2.83. The average molecular weight is 341 g/mol. The largest absolute Gasteiger partial charge is 0.545 e. The minimum atomic E-state index is -1.53. The van der Waals surface area contributed by atoms with E-state index in [1.165, 1.54) is 29.2 Å². The lowest BCUT2D eigenvalue weighted by Gasteiger charge is -2.11. The van der Waals surface area contributed by atoms with Gasteiger partial charge in [0.25, 0.3) is 0 Å². The highest BCUT2D eigenvalue weighted by Gasteiger charge is 2.22. The summed E-state index contributed by atoms with van der Waals surface area (Å²) in [4.78, 5) is 35.4. The number of thioether (sulfide) groups is 1. The van der Waals surface area contributed by atoms with E-state index in [0.29, 0.717) is 4.34 Å². The zero-order chi connectivity index (χ0) is 16.9. The number of ketones is 1. The number of Topliss-reactive ketones (excluding diaryl/α,β-unsaturated/α-hetero) is 1. The van der Waals surface area contributed by atoms with Gasteiger partial charge in [0.15, 0.2) is 10.2 Å². The van der Waals surface area contributed by atoms with Crippen LogP contribution in [0.25, 0.3) is 0 Å². The maximum Gasteiger partial charge on any atom is 0.210 e. The lowest BCUT2D eigenvalue weighted by Crippen LogP contribution is -2.30. The van der Waals surface area contributed by atoms with Gasteiger partial charge in [-0.1, -0.05) is 11.8 Å². The van der Waals surface area contributed by atoms with Crippen LogP contribution in [0.5, 0.6) is 0 Å². The Hall–Kier alpha value is -1.87. The van der Waals surface area contributed by atoms with Crippen molar-refractivity contribution in [2.75, 3.05) is 34.4 Å². The van der Waals surface area contributed by atoms with Gasteiger partial charge in [-0.05, 0) is 6.26 Å². The van der Waals surface area contributed by atoms with E-state index in [4.69, 9.17) is 0 Å². The van der Waals surface area contributed by atoms with Gasteiger partial charge in [0, 0.05) is 34.4 Å². The molecule has 0 atom stereocenters. The number of carbonyl (C=O) groups excluding carboxylic acids is 2. The van der Waals surface area contributed by atoms with Gasteiger partial charge in [-0.25, -0.2) is 9.98 Å². The summed E-state index contributed by atoms with van der Waals surface area (Å²) in [7, 11) is 6.82. The molecule has 0 aromatic carbocycles. The van der Waals surface area contributed by atoms with Gasteiger partial charge in [0.1, 0.15) is 4.88 Å². The molecule has 0 bridgehead atoms. The fraction of sp³-hybridized carbons (Fsp3) is 0.385. The molecular weight excluding hydrogens is 324 g/mol. The van der Waals surface area contributed by atoms with E-state index < -0.39 is 17.3 Å². The predicted molar refractivity (Wildman–Crippen MR) is 86.8 cm³/mol. The second-order valence-electron chi connectivity index (χ2n) is 4.67. The monoisotopic (exact) mass is 341 g/mol. The molecule has 1 heterocycles. The third-order valence-corrected chi connectivity index (χ3v) is 4.26. The number of aliphatic imine (C=N–C) groups is 1. The Balaban J connectivity index is 3.31. The van der Waals surface area contributed by atoms with Crippen LogP contribution in [0.1, 0.15) is 9.67 Å². The number of carbonyl (C=O) groups is 2. The number of carboxylic acid groups (broad SMARTS) is 1. The van der Waals surface area contributed by atoms with Crippen molar-refractivity contribution in [2.24, 2.45) is 4.99 Å². The molecule has 0 radical (unpaired) electrons. The van der Waals surface area contributed by atoms with Crippen molar-refractivity contribution < 1.29 is 14.7 Å². The van der Waals surface area contributed by atoms with Crippen LogP contribution in [-0.2, 0) is 4.79 Å². The number of nitrogens with zero attached hydrogens (tertiary/aromatic N) is 4. The molecule has 0 spiro atoms. The number of aromatic nitrogens is 1. The Morgan fingerprint density at radius 3 is 2.36 bits per heavy atom. The number of hydrogen-bond donors (Lipinski definition) is 0. The Kier molecular flexibility index (Phi) is 6.57. The van der Waals surface area contributed by atoms with E-state index in [2.05, 4.69) is 9.98 Å². The zero-order valence-corrected chi connectivity index (χ0v) is 14.6. The van der Waals surface area contributed by atoms with Crippen molar-refractivity contribution in [3.63, 3.8) is 0 Å². The maximum absolute atomic E-state index is 12.5. The summed E-state index contributed by atoms with van der Waals surface area (Å²) in [6, 6.07) is 0. The maximum atomic E-state index is 12.5. The van der Waals surface area contributed by atoms with Crippen LogP contribution < -0.4 is 5.11 Å². The highest BCUT2D eigenvalue weighted by Crippen LogP contribution is 2.32. The molecule has 1 aromatic heterocycles. The van der Waals surface area contributed by atoms with Gasteiger partial charge in [0.05, 0.1) is 17.9 Å². The molecule has 0 aliphatic carbocycles. The van der Waals surface area contributed by atoms with Gasteiger partial charge in [-0.15, -0.1) is 11.3 Å². The Morgan fingerprint density at radius 2 is 1.91 bits per heavy atom. The van der Waals surface area contributed by atoms with Crippen molar-refractivity contribution in [3.05, 3.63) is 16.7 Å². The molecule has 0 aliphatic heterocycles. The van der Waals surface area contributed by atoms with E-state index in [9.17, 15) is 14.7 Å². The summed E-state index contributed by atoms with van der Waals surface area (Å²) in [5, 5.41) is 11.2. The zero-order valence-electron chi connectivity index (χ0n) is 13.0. The Labute approximate surface area is 137 Å². The van der Waals surface area contributed by atoms with Crippen LogP contribution in [-0.4, -0.2) is 67.3 Å². The molecule has 1 rings (SSSR count). The molecule has 0 unspecified atom stereocenters. The van der Waals surface area contributed by atoms with Crippen LogP contribution >= 0.6 is 23.1 Å². The number of rotatable bonds is 7. The number of thiazole rings is 1. The van der Waals surface area contributed by atoms with Gasteiger partial charge in [-0.2, -0.15) is 0 Å². The molecule has 0 fully saturated rings. The van der Waals surface area contributed by atoms with Crippen LogP contribution in [0.3, 0.4) is 0 Å². The quantitative estimate of drug-likeness (QED) is 0.135. The Bertz CT molecular complexity index is 621. The first kappa shape index (κ1) is 18.2. The van der Waals surface area contributed by atoms with Gasteiger partial charge in [0.2, 0.25) is 5.78 Å². The SMILES string of the molecule is CSc1nc(/N=C/N(C)C)c(C(=O)/C(=C/N(C)C)C(=O)[O-])s1. The van der Waals surface area contributed by atoms with Crippen molar-refractivity contribution in [3.8, 4) is 0 Å². The fourth-order valence-electron chi connectivity index (χ4n) is 1.37. The van der Waals surface area contributed by atoms with Crippen molar-refractivity contribution >= 4 is 47.0 Å². The summed E-state index contributed by atoms with van der Waals surface area (Å²) >= 11 is 2.48. The standard InChI is InChI=1S/C13H18N4O3S2/c1-16(2)6-8(12(19)20)9(18)10-11(14-7-17(3)4)15-13(21-5)22-10/h6-7H,1-5H3,(H,19,20)/p-1/b8-6-,14-7+. The number of carboxylic acids is 1. The normalized spacial score (nSPS) is 11.8. The molecule has 0 saturated heterocycles. The molecule has 9 heteroatoms. The lowest BCUT2D eigenvalue weighted by molar-refractivity contribution is -0.298. The van der Waals surface area contributed by atoms with Crippen LogP contribution in [0.15, 0.2) is 21.1 Å². The summed E-state index contributed by atoms with van der Waals surface area (Å²) in [6.07, 6.45) is 4.54. The van der Waals surface area contributed by atoms with Gasteiger partial charge in [-0.3, -0.25) is 4.79 Å². The second-order valence-corrected chi connectivity index (χ2v) is 6.72. The summed E-state index contributed by atoms with van der Waals surface area (Å²) < 4.78 is 0.636. The smallest absolute Gasteiger partial charge is 0.210 e. The minimum absolute atomic E-state index is 0.180. The van der Waals surface area contributed by atoms with Crippen molar-refractivity contribution in [1.82, 2.24) is 14.8 Å². The van der Waals surface area contributed by atoms with Crippen molar-refractivity contribution in [1.29, 1.82) is 0 Å². The molecule has 120 valence electrons. The van der Waals surface area contributed by atoms with E-state index in [1.54, 1.807) is 33.1 Å². The topological polar surface area (TPSA) is 88.9 Å². The predicted octanol–water partition coefficient (Wildman–Crippen LogP) is 0.464. The summed E-state index contributed by atoms with van der Waals surface area (Å²) in [6.45, 7) is 0. The van der Waals surface area contributed by atoms with Gasteiger partial charge >= 0.3 is 0 Å². The van der Waals surface area contributed by atoms with E-state index in [-0.39, 0.29) is 10.7 Å². The molecule has 1 aromatic rings. The first-order valence-electron chi connectivity index (χ1n) is 6.16. The summed E-state index contributed by atoms with van der Waals surface area (Å²) in [5.41, 5.74) is -0.428. The third kappa shape index (κ3) is 4.85. The lowest BCUT2D eigenvalue weighted by atomic mass is 10.1. The minimum Gasteiger partial charge on any atom is -0.545 e. The van der Waals surface area contributed by atoms with Crippen molar-refractivity contribution in [2.45, 2.75) is 4.34 Å². The molecule has 0 N–H and O–H groups in total. The van der Waals surface area contributed by atoms with E-state index in [1.807, 2.05) is 6.26 Å². The van der Waals surface area contributed by atoms with Crippen LogP contribution in [0.4, 0.5) is 5.82 Å². The molecular formula is C13H17N4O3S2-. The number of aliphatic carboxylic acids is 1. The number of hydrogen-bond acceptors (Lipinski definition) is 8. The van der Waals surface area contributed by atoms with Crippen LogP contribution in [0.2, 0.25) is 0 Å². The first-order valence-corrected chi connectivity index (χ1v) is 8.20. The summed E-state index contributed by atoms with van der Waals surface area (Å²) in [5.74, 6) is -1.98. The highest BCUT2D eigenvalue weighted by molar-refractivity contribution is 8.00. The van der Waals surface area contributed by atoms with E-state index in [0.717, 1.165) is 11.3 Å². The van der Waals surface area contributed by atoms with E-state index >= 15 is 0 Å². The Morgan fingerprint density at radius 1 is 1.27 bits per heavy atom. The molecule has 22 heavy (non-hydrogen) atoms. The molecule has 0 aliphatic rings. The highest BCUT2D eigenvalue weighted by atomic mass is 32.2. The second kappa shape index (κ2) is 7.95.